The van der Waals surface area contributed by atoms with Crippen molar-refractivity contribution in [2.45, 2.75) is 39.4 Å². The Kier molecular flexibility index (Phi) is 10.7. The van der Waals surface area contributed by atoms with E-state index in [0.29, 0.717) is 4.34 Å². The van der Waals surface area contributed by atoms with Gasteiger partial charge in [-0.3, -0.25) is 19.3 Å². The summed E-state index contributed by atoms with van der Waals surface area (Å²) in [4.78, 5) is 40.6. The minimum Gasteiger partial charge on any atom is -0.370 e. The molecule has 0 spiro atoms. The van der Waals surface area contributed by atoms with Crippen LogP contribution in [-0.4, -0.2) is 74.2 Å². The van der Waals surface area contributed by atoms with Crippen molar-refractivity contribution in [2.24, 2.45) is 5.41 Å². The van der Waals surface area contributed by atoms with Crippen molar-refractivity contribution in [3.05, 3.63) is 45.1 Å². The molecule has 1 aromatic heterocycles. The first-order chi connectivity index (χ1) is 19.0. The number of halogens is 6. The number of carbonyl (C=O) groups is 3. The summed E-state index contributed by atoms with van der Waals surface area (Å²) in [5, 5.41) is 4.79. The zero-order valence-corrected chi connectivity index (χ0v) is 24.1. The molecule has 41 heavy (non-hydrogen) atoms. The molecule has 0 radical (unpaired) electrons. The third-order valence-electron chi connectivity index (χ3n) is 5.88. The summed E-state index contributed by atoms with van der Waals surface area (Å²) in [5.41, 5.74) is -1.49. The number of hydrogen-bond donors (Lipinski definition) is 2. The van der Waals surface area contributed by atoms with E-state index in [0.717, 1.165) is 22.3 Å². The van der Waals surface area contributed by atoms with Crippen LogP contribution in [0.3, 0.4) is 0 Å². The summed E-state index contributed by atoms with van der Waals surface area (Å²) in [6.07, 6.45) is -7.78. The number of anilines is 2. The van der Waals surface area contributed by atoms with Crippen molar-refractivity contribution in [3.8, 4) is 0 Å². The second-order valence-electron chi connectivity index (χ2n) is 10.6. The number of carbonyl (C=O) groups excluding carboxylic acids is 3. The monoisotopic (exact) mass is 624 g/mol. The lowest BCUT2D eigenvalue weighted by molar-refractivity contribution is -0.156. The van der Waals surface area contributed by atoms with E-state index < -0.39 is 60.4 Å². The fourth-order valence-corrected chi connectivity index (χ4v) is 5.20. The van der Waals surface area contributed by atoms with Crippen LogP contribution in [-0.2, 0) is 14.3 Å². The van der Waals surface area contributed by atoms with E-state index in [2.05, 4.69) is 10.6 Å². The lowest BCUT2D eigenvalue weighted by Crippen LogP contribution is -2.55. The molecule has 226 valence electrons. The highest BCUT2D eigenvalue weighted by Gasteiger charge is 2.39. The number of rotatable bonds is 10. The highest BCUT2D eigenvalue weighted by atomic mass is 35.5. The normalized spacial score (nSPS) is 15.4. The van der Waals surface area contributed by atoms with Crippen LogP contribution in [0.1, 0.15) is 42.4 Å². The number of ether oxygens (including phenoxy) is 1. The average molecular weight is 625 g/mol. The minimum absolute atomic E-state index is 0.143. The highest BCUT2D eigenvalue weighted by molar-refractivity contribution is 7.18. The number of nitrogens with zero attached hydrogens (tertiary/aromatic N) is 2. The molecule has 1 saturated heterocycles. The predicted molar refractivity (Wildman–Crippen MR) is 146 cm³/mol. The van der Waals surface area contributed by atoms with Gasteiger partial charge >= 0.3 is 6.18 Å². The van der Waals surface area contributed by atoms with Crippen molar-refractivity contribution in [1.82, 2.24) is 10.2 Å². The van der Waals surface area contributed by atoms with E-state index in [1.54, 1.807) is 20.8 Å². The minimum atomic E-state index is -4.70. The summed E-state index contributed by atoms with van der Waals surface area (Å²) in [6.45, 7) is 2.95. The van der Waals surface area contributed by atoms with E-state index in [9.17, 15) is 36.3 Å². The van der Waals surface area contributed by atoms with E-state index in [1.807, 2.05) is 0 Å². The Balaban J connectivity index is 1.92. The standard InChI is InChI=1S/C26H30ClF5N4O4S/c1-25(2,3)13-35(14-26(30,31)32)18(11-33-24(39)19-6-7-20(27)41-19)23(38)34-17-5-4-15(10-16(17)22(28)29)36-8-9-40-12-21(36)37/h4-7,10,18,22H,8-9,11-14H2,1-3H3,(H,33,39)(H,34,38)/t18-/m1/s1. The smallest absolute Gasteiger partial charge is 0.370 e. The number of benzene rings is 1. The molecule has 3 rings (SSSR count). The number of nitrogens with one attached hydrogen (secondary N) is 2. The molecule has 1 aliphatic heterocycles. The van der Waals surface area contributed by atoms with Gasteiger partial charge in [-0.15, -0.1) is 11.3 Å². The summed E-state index contributed by atoms with van der Waals surface area (Å²) < 4.78 is 74.3. The lowest BCUT2D eigenvalue weighted by Gasteiger charge is -2.36. The van der Waals surface area contributed by atoms with E-state index in [1.165, 1.54) is 29.2 Å². The molecule has 0 bridgehead atoms. The van der Waals surface area contributed by atoms with Gasteiger partial charge in [-0.25, -0.2) is 8.78 Å². The third-order valence-corrected chi connectivity index (χ3v) is 7.11. The summed E-state index contributed by atoms with van der Waals surface area (Å²) in [6, 6.07) is 4.88. The maximum Gasteiger partial charge on any atom is 0.401 e. The highest BCUT2D eigenvalue weighted by Crippen LogP contribution is 2.32. The fraction of sp³-hybridized carbons (Fsp3) is 0.500. The van der Waals surface area contributed by atoms with Crippen molar-refractivity contribution < 1.29 is 41.1 Å². The van der Waals surface area contributed by atoms with Crippen LogP contribution in [0, 0.1) is 5.41 Å². The molecule has 2 heterocycles. The summed E-state index contributed by atoms with van der Waals surface area (Å²) in [5.74, 6) is -2.11. The Morgan fingerprint density at radius 1 is 1.15 bits per heavy atom. The van der Waals surface area contributed by atoms with Crippen LogP contribution in [0.5, 0.6) is 0 Å². The van der Waals surface area contributed by atoms with Crippen molar-refractivity contribution in [2.75, 3.05) is 49.6 Å². The predicted octanol–water partition coefficient (Wildman–Crippen LogP) is 5.35. The number of alkyl halides is 5. The number of morpholine rings is 1. The largest absolute Gasteiger partial charge is 0.401 e. The zero-order chi connectivity index (χ0) is 30.5. The quantitative estimate of drug-likeness (QED) is 0.348. The molecule has 2 aromatic rings. The van der Waals surface area contributed by atoms with Crippen molar-refractivity contribution in [1.29, 1.82) is 0 Å². The molecule has 0 aliphatic carbocycles. The first-order valence-electron chi connectivity index (χ1n) is 12.5. The third kappa shape index (κ3) is 9.62. The van der Waals surface area contributed by atoms with Crippen LogP contribution < -0.4 is 15.5 Å². The molecule has 0 saturated carbocycles. The molecule has 1 aliphatic rings. The zero-order valence-electron chi connectivity index (χ0n) is 22.5. The SMILES string of the molecule is CC(C)(C)CN(CC(F)(F)F)[C@H](CNC(=O)c1ccc(Cl)s1)C(=O)Nc1ccc(N2CCOCC2=O)cc1C(F)F. The van der Waals surface area contributed by atoms with Crippen LogP contribution in [0.4, 0.5) is 33.3 Å². The number of amides is 3. The topological polar surface area (TPSA) is 91.0 Å². The second kappa shape index (κ2) is 13.4. The van der Waals surface area contributed by atoms with E-state index >= 15 is 0 Å². The fourth-order valence-electron chi connectivity index (χ4n) is 4.24. The van der Waals surface area contributed by atoms with Gasteiger partial charge in [-0.05, 0) is 35.7 Å². The molecule has 15 heteroatoms. The van der Waals surface area contributed by atoms with Gasteiger partial charge in [-0.2, -0.15) is 13.2 Å². The van der Waals surface area contributed by atoms with Crippen molar-refractivity contribution in [3.63, 3.8) is 0 Å². The second-order valence-corrected chi connectivity index (χ2v) is 12.3. The maximum atomic E-state index is 14.1. The Morgan fingerprint density at radius 2 is 1.85 bits per heavy atom. The summed E-state index contributed by atoms with van der Waals surface area (Å²) in [7, 11) is 0. The molecule has 1 fully saturated rings. The van der Waals surface area contributed by atoms with Gasteiger partial charge in [0.05, 0.1) is 22.4 Å². The van der Waals surface area contributed by atoms with Gasteiger partial charge in [0.2, 0.25) is 5.91 Å². The van der Waals surface area contributed by atoms with Gasteiger partial charge in [0, 0.05) is 36.6 Å². The number of hydrogen-bond acceptors (Lipinski definition) is 6. The molecular weight excluding hydrogens is 595 g/mol. The molecule has 0 unspecified atom stereocenters. The lowest BCUT2D eigenvalue weighted by atomic mass is 9.95. The Hall–Kier alpha value is -2.81. The van der Waals surface area contributed by atoms with Gasteiger partial charge in [0.25, 0.3) is 18.2 Å². The molecule has 3 amide bonds. The first kappa shape index (κ1) is 32.7. The van der Waals surface area contributed by atoms with Gasteiger partial charge in [-0.1, -0.05) is 32.4 Å². The molecule has 1 aromatic carbocycles. The van der Waals surface area contributed by atoms with Crippen LogP contribution in [0.15, 0.2) is 30.3 Å². The van der Waals surface area contributed by atoms with E-state index in [-0.39, 0.29) is 42.6 Å². The molecule has 8 nitrogen and oxygen atoms in total. The average Bonchev–Trinajstić information content (AvgIpc) is 3.29. The first-order valence-corrected chi connectivity index (χ1v) is 13.7. The van der Waals surface area contributed by atoms with Crippen LogP contribution in [0.2, 0.25) is 4.34 Å². The Bertz CT molecular complexity index is 1240. The summed E-state index contributed by atoms with van der Waals surface area (Å²) >= 11 is 6.81. The molecular formula is C26H30ClF5N4O4S. The van der Waals surface area contributed by atoms with Crippen molar-refractivity contribution >= 4 is 52.0 Å². The molecule has 2 N–H and O–H groups in total. The van der Waals surface area contributed by atoms with Crippen LogP contribution in [0.25, 0.3) is 0 Å². The van der Waals surface area contributed by atoms with Gasteiger partial charge < -0.3 is 20.3 Å². The Labute approximate surface area is 242 Å². The molecule has 1 atom stereocenters. The number of thiophene rings is 1. The Morgan fingerprint density at radius 3 is 2.41 bits per heavy atom. The maximum absolute atomic E-state index is 14.1. The van der Waals surface area contributed by atoms with Gasteiger partial charge in [0.15, 0.2) is 0 Å². The van der Waals surface area contributed by atoms with Crippen LogP contribution >= 0.6 is 22.9 Å². The van der Waals surface area contributed by atoms with Gasteiger partial charge in [0.1, 0.15) is 12.6 Å². The van der Waals surface area contributed by atoms with E-state index in [4.69, 9.17) is 16.3 Å².